The summed E-state index contributed by atoms with van der Waals surface area (Å²) in [6.45, 7) is 1.90. The van der Waals surface area contributed by atoms with Crippen LogP contribution in [0.15, 0.2) is 22.7 Å². The molecule has 1 rings (SSSR count). The van der Waals surface area contributed by atoms with Gasteiger partial charge in [0.05, 0.1) is 6.61 Å². The molecule has 0 amide bonds. The second-order valence-corrected chi connectivity index (χ2v) is 3.81. The maximum absolute atomic E-state index is 13.4. The lowest BCUT2D eigenvalue weighted by molar-refractivity contribution is -0.144. The smallest absolute Gasteiger partial charge is 0.327 e. The summed E-state index contributed by atoms with van der Waals surface area (Å²) >= 11 is 3.12. The highest BCUT2D eigenvalue weighted by atomic mass is 79.9. The molecule has 0 heterocycles. The highest BCUT2D eigenvalue weighted by molar-refractivity contribution is 9.10. The van der Waals surface area contributed by atoms with Crippen LogP contribution in [-0.2, 0) is 9.53 Å². The maximum atomic E-state index is 13.4. The third-order valence-electron chi connectivity index (χ3n) is 1.84. The van der Waals surface area contributed by atoms with Gasteiger partial charge in [0.15, 0.2) is 0 Å². The zero-order chi connectivity index (χ0) is 11.4. The molecule has 3 nitrogen and oxygen atoms in total. The van der Waals surface area contributed by atoms with E-state index in [2.05, 4.69) is 15.9 Å². The zero-order valence-corrected chi connectivity index (χ0v) is 9.75. The monoisotopic (exact) mass is 275 g/mol. The number of hydrogen-bond donors (Lipinski definition) is 1. The van der Waals surface area contributed by atoms with E-state index in [0.717, 1.165) is 0 Å². The van der Waals surface area contributed by atoms with E-state index in [1.165, 1.54) is 12.1 Å². The van der Waals surface area contributed by atoms with Crippen molar-refractivity contribution in [1.29, 1.82) is 0 Å². The van der Waals surface area contributed by atoms with Crippen LogP contribution in [0.25, 0.3) is 0 Å². The van der Waals surface area contributed by atoms with Crippen molar-refractivity contribution in [3.05, 3.63) is 34.1 Å². The van der Waals surface area contributed by atoms with E-state index < -0.39 is 17.8 Å². The summed E-state index contributed by atoms with van der Waals surface area (Å²) in [6, 6.07) is 3.27. The van der Waals surface area contributed by atoms with Crippen LogP contribution in [0.2, 0.25) is 0 Å². The third kappa shape index (κ3) is 3.00. The number of benzene rings is 1. The van der Waals surface area contributed by atoms with Gasteiger partial charge in [0.2, 0.25) is 0 Å². The molecule has 1 aromatic rings. The predicted molar refractivity (Wildman–Crippen MR) is 57.7 cm³/mol. The minimum atomic E-state index is -1.07. The highest BCUT2D eigenvalue weighted by Gasteiger charge is 2.20. The first-order valence-electron chi connectivity index (χ1n) is 4.43. The van der Waals surface area contributed by atoms with Gasteiger partial charge in [-0.15, -0.1) is 0 Å². The molecule has 1 atom stereocenters. The molecule has 0 fully saturated rings. The summed E-state index contributed by atoms with van der Waals surface area (Å²) < 4.78 is 18.7. The molecule has 82 valence electrons. The Balaban J connectivity index is 2.91. The van der Waals surface area contributed by atoms with E-state index in [9.17, 15) is 9.18 Å². The molecule has 0 spiro atoms. The molecular formula is C10H11BrFNO2. The highest BCUT2D eigenvalue weighted by Crippen LogP contribution is 2.20. The van der Waals surface area contributed by atoms with Gasteiger partial charge in [-0.25, -0.2) is 9.18 Å². The molecule has 2 N–H and O–H groups in total. The molecule has 0 saturated carbocycles. The van der Waals surface area contributed by atoms with Gasteiger partial charge in [0.1, 0.15) is 11.9 Å². The number of esters is 1. The van der Waals surface area contributed by atoms with Crippen LogP contribution >= 0.6 is 15.9 Å². The maximum Gasteiger partial charge on any atom is 0.327 e. The van der Waals surface area contributed by atoms with Gasteiger partial charge in [-0.2, -0.15) is 0 Å². The van der Waals surface area contributed by atoms with E-state index in [1.807, 2.05) is 0 Å². The second-order valence-electron chi connectivity index (χ2n) is 2.90. The van der Waals surface area contributed by atoms with E-state index in [1.54, 1.807) is 13.0 Å². The average molecular weight is 276 g/mol. The normalized spacial score (nSPS) is 12.3. The molecule has 1 aromatic carbocycles. The fraction of sp³-hybridized carbons (Fsp3) is 0.300. The summed E-state index contributed by atoms with van der Waals surface area (Å²) in [7, 11) is 0. The van der Waals surface area contributed by atoms with Crippen molar-refractivity contribution in [2.75, 3.05) is 6.61 Å². The van der Waals surface area contributed by atoms with Crippen LogP contribution in [0.1, 0.15) is 18.5 Å². The Morgan fingerprint density at radius 2 is 2.33 bits per heavy atom. The first kappa shape index (κ1) is 12.1. The number of halogens is 2. The first-order valence-corrected chi connectivity index (χ1v) is 5.22. The minimum absolute atomic E-state index is 0.136. The molecule has 5 heteroatoms. The number of ether oxygens (including phenoxy) is 1. The summed E-state index contributed by atoms with van der Waals surface area (Å²) in [5.41, 5.74) is 5.68. The molecular weight excluding hydrogens is 265 g/mol. The molecule has 0 aliphatic heterocycles. The van der Waals surface area contributed by atoms with Gasteiger partial charge in [-0.3, -0.25) is 0 Å². The largest absolute Gasteiger partial charge is 0.465 e. The van der Waals surface area contributed by atoms with Gasteiger partial charge >= 0.3 is 5.97 Å². The van der Waals surface area contributed by atoms with Crippen molar-refractivity contribution in [3.63, 3.8) is 0 Å². The van der Waals surface area contributed by atoms with Crippen molar-refractivity contribution in [2.24, 2.45) is 5.73 Å². The van der Waals surface area contributed by atoms with Crippen molar-refractivity contribution in [2.45, 2.75) is 13.0 Å². The second kappa shape index (κ2) is 5.23. The van der Waals surface area contributed by atoms with Gasteiger partial charge in [-0.1, -0.05) is 22.0 Å². The molecule has 0 radical (unpaired) electrons. The van der Waals surface area contributed by atoms with Crippen LogP contribution in [0.3, 0.4) is 0 Å². The zero-order valence-electron chi connectivity index (χ0n) is 8.17. The minimum Gasteiger partial charge on any atom is -0.465 e. The van der Waals surface area contributed by atoms with E-state index in [4.69, 9.17) is 10.5 Å². The first-order chi connectivity index (χ1) is 7.06. The SMILES string of the molecule is CCOC(=O)C(N)c1ccc(Br)cc1F. The van der Waals surface area contributed by atoms with Crippen LogP contribution in [0.4, 0.5) is 4.39 Å². The number of carbonyl (C=O) groups is 1. The molecule has 0 aliphatic carbocycles. The van der Waals surface area contributed by atoms with Crippen molar-refractivity contribution in [1.82, 2.24) is 0 Å². The number of hydrogen-bond acceptors (Lipinski definition) is 3. The Morgan fingerprint density at radius 1 is 1.67 bits per heavy atom. The number of carbonyl (C=O) groups excluding carboxylic acids is 1. The molecule has 15 heavy (non-hydrogen) atoms. The Kier molecular flexibility index (Phi) is 4.23. The summed E-state index contributed by atoms with van der Waals surface area (Å²) in [4.78, 5) is 11.3. The molecule has 0 saturated heterocycles. The van der Waals surface area contributed by atoms with E-state index >= 15 is 0 Å². The lowest BCUT2D eigenvalue weighted by Crippen LogP contribution is -2.24. The average Bonchev–Trinajstić information content (AvgIpc) is 2.17. The molecule has 1 unspecified atom stereocenters. The topological polar surface area (TPSA) is 52.3 Å². The van der Waals surface area contributed by atoms with E-state index in [-0.39, 0.29) is 12.2 Å². The van der Waals surface area contributed by atoms with Gasteiger partial charge < -0.3 is 10.5 Å². The van der Waals surface area contributed by atoms with Gasteiger partial charge in [-0.05, 0) is 19.1 Å². The van der Waals surface area contributed by atoms with E-state index in [0.29, 0.717) is 4.47 Å². The van der Waals surface area contributed by atoms with Crippen LogP contribution < -0.4 is 5.73 Å². The van der Waals surface area contributed by atoms with Crippen LogP contribution in [0.5, 0.6) is 0 Å². The fourth-order valence-electron chi connectivity index (χ4n) is 1.11. The molecule has 0 aliphatic rings. The quantitative estimate of drug-likeness (QED) is 0.860. The standard InChI is InChI=1S/C10H11BrFNO2/c1-2-15-10(14)9(13)7-4-3-6(11)5-8(7)12/h3-5,9H,2,13H2,1H3. The lowest BCUT2D eigenvalue weighted by atomic mass is 10.1. The van der Waals surface area contributed by atoms with Crippen molar-refractivity contribution in [3.8, 4) is 0 Å². The fourth-order valence-corrected chi connectivity index (χ4v) is 1.45. The summed E-state index contributed by atoms with van der Waals surface area (Å²) in [5.74, 6) is -1.15. The van der Waals surface area contributed by atoms with Gasteiger partial charge in [0.25, 0.3) is 0 Å². The lowest BCUT2D eigenvalue weighted by Gasteiger charge is -2.11. The Labute approximate surface area is 95.5 Å². The van der Waals surface area contributed by atoms with Crippen molar-refractivity contribution < 1.29 is 13.9 Å². The van der Waals surface area contributed by atoms with Crippen molar-refractivity contribution >= 4 is 21.9 Å². The molecule has 0 aromatic heterocycles. The van der Waals surface area contributed by atoms with Gasteiger partial charge in [0, 0.05) is 10.0 Å². The number of rotatable bonds is 3. The van der Waals surface area contributed by atoms with Crippen LogP contribution in [-0.4, -0.2) is 12.6 Å². The van der Waals surface area contributed by atoms with Crippen LogP contribution in [0, 0.1) is 5.82 Å². The Hall–Kier alpha value is -0.940. The number of nitrogens with two attached hydrogens (primary N) is 1. The molecule has 0 bridgehead atoms. The summed E-state index contributed by atoms with van der Waals surface area (Å²) in [5, 5.41) is 0. The Bertz CT molecular complexity index is 370. The third-order valence-corrected chi connectivity index (χ3v) is 2.33. The Morgan fingerprint density at radius 3 is 2.87 bits per heavy atom. The summed E-state index contributed by atoms with van der Waals surface area (Å²) in [6.07, 6.45) is 0. The predicted octanol–water partition coefficient (Wildman–Crippen LogP) is 2.15.